The molecule has 1 aromatic heterocycles. The molecule has 358 valence electrons. The maximum absolute atomic E-state index is 7.58. The Morgan fingerprint density at radius 2 is 1.20 bits per heavy atom. The number of ether oxygens (including phenoxy) is 1. The van der Waals surface area contributed by atoms with E-state index in [1.165, 1.54) is 102 Å². The van der Waals surface area contributed by atoms with E-state index < -0.39 is 0 Å². The van der Waals surface area contributed by atoms with Crippen LogP contribution in [-0.4, -0.2) is 13.3 Å². The molecular weight excluding hydrogens is 852 g/mol. The van der Waals surface area contributed by atoms with Gasteiger partial charge in [0.1, 0.15) is 11.3 Å². The molecule has 5 aliphatic rings. The summed E-state index contributed by atoms with van der Waals surface area (Å²) in [5, 5.41) is 1.16. The van der Waals surface area contributed by atoms with Crippen LogP contribution >= 0.6 is 0 Å². The van der Waals surface area contributed by atoms with Crippen LogP contribution in [0.3, 0.4) is 0 Å². The number of para-hydroxylation sites is 1. The summed E-state index contributed by atoms with van der Waals surface area (Å²) in [5.41, 5.74) is 25.5. The second kappa shape index (κ2) is 14.7. The number of anilines is 6. The van der Waals surface area contributed by atoms with Crippen molar-refractivity contribution in [1.82, 2.24) is 0 Å². The Labute approximate surface area is 418 Å². The number of hydrogen-bond donors (Lipinski definition) is 0. The molecule has 2 aliphatic carbocycles. The third kappa shape index (κ3) is 6.61. The van der Waals surface area contributed by atoms with E-state index in [0.29, 0.717) is 6.61 Å². The Morgan fingerprint density at radius 1 is 0.571 bits per heavy atom. The fraction of sp³-hybridized carbons (Fsp3) is 0.415. The van der Waals surface area contributed by atoms with Crippen molar-refractivity contribution in [2.75, 3.05) is 16.4 Å². The third-order valence-electron chi connectivity index (χ3n) is 17.8. The first-order valence-corrected chi connectivity index (χ1v) is 26.4. The minimum Gasteiger partial charge on any atom is -0.493 e. The van der Waals surface area contributed by atoms with Gasteiger partial charge in [0.2, 0.25) is 0 Å². The highest BCUT2D eigenvalue weighted by Crippen LogP contribution is 2.56. The predicted octanol–water partition coefficient (Wildman–Crippen LogP) is 15.7. The first-order valence-electron chi connectivity index (χ1n) is 26.4. The maximum Gasteiger partial charge on any atom is 0.297 e. The molecule has 0 saturated heterocycles. The molecule has 0 atom stereocenters. The molecule has 12 rings (SSSR count). The van der Waals surface area contributed by atoms with Crippen molar-refractivity contribution in [1.29, 1.82) is 0 Å². The zero-order chi connectivity index (χ0) is 49.4. The Hall–Kier alpha value is -5.68. The lowest BCUT2D eigenvalue weighted by Gasteiger charge is -2.47. The monoisotopic (exact) mass is 925 g/mol. The Morgan fingerprint density at radius 3 is 1.87 bits per heavy atom. The average molecular weight is 925 g/mol. The van der Waals surface area contributed by atoms with Crippen molar-refractivity contribution in [3.05, 3.63) is 142 Å². The standard InChI is InChI=1S/C65H73BN2O2/c1-38-32-52-57-53(33-38)68(50-24-23-44(61(5,6)7)41-26-31-69-54-19-17-16-18-42(54)56(41)50)58-43-34-39(60(2,3)4)20-25-55(43)70-59(58)66(57)49-36-47-48(65(14,15)30-29-64(47,12)13)37-51(49)67(52)40-21-22-45-46(35-40)63(10,11)28-27-62(45,8)9/h16-25,32-37H,26-31H2,1-15H3. The van der Waals surface area contributed by atoms with E-state index in [0.717, 1.165) is 52.9 Å². The van der Waals surface area contributed by atoms with E-state index in [2.05, 4.69) is 211 Å². The van der Waals surface area contributed by atoms with Crippen LogP contribution in [-0.2, 0) is 38.9 Å². The molecule has 0 saturated carbocycles. The molecule has 70 heavy (non-hydrogen) atoms. The maximum atomic E-state index is 7.58. The molecule has 5 heteroatoms. The number of benzene rings is 6. The number of furan rings is 1. The largest absolute Gasteiger partial charge is 0.493 e. The second-order valence-corrected chi connectivity index (χ2v) is 26.6. The van der Waals surface area contributed by atoms with Gasteiger partial charge in [0.25, 0.3) is 6.71 Å². The Bertz CT molecular complexity index is 3360. The summed E-state index contributed by atoms with van der Waals surface area (Å²) in [7, 11) is 0. The summed E-state index contributed by atoms with van der Waals surface area (Å²) in [6.07, 6.45) is 5.48. The minimum atomic E-state index is -0.143. The van der Waals surface area contributed by atoms with Crippen LogP contribution in [0.4, 0.5) is 34.1 Å². The molecule has 7 aromatic rings. The number of fused-ring (bicyclic) bond motifs is 11. The van der Waals surface area contributed by atoms with Gasteiger partial charge in [-0.1, -0.05) is 139 Å². The first-order chi connectivity index (χ1) is 32.9. The fourth-order valence-electron chi connectivity index (χ4n) is 13.5. The quantitative estimate of drug-likeness (QED) is 0.162. The number of rotatable bonds is 2. The van der Waals surface area contributed by atoms with Crippen LogP contribution in [0.25, 0.3) is 22.1 Å². The first kappa shape index (κ1) is 45.5. The van der Waals surface area contributed by atoms with Gasteiger partial charge < -0.3 is 19.0 Å². The van der Waals surface area contributed by atoms with Gasteiger partial charge in [0.05, 0.1) is 23.6 Å². The Balaban J connectivity index is 1.24. The molecule has 0 spiro atoms. The summed E-state index contributed by atoms with van der Waals surface area (Å²) in [6, 6.07) is 38.3. The van der Waals surface area contributed by atoms with Crippen molar-refractivity contribution in [2.24, 2.45) is 0 Å². The normalized spacial score (nSPS) is 18.9. The van der Waals surface area contributed by atoms with Crippen LogP contribution in [0.2, 0.25) is 0 Å². The zero-order valence-electron chi connectivity index (χ0n) is 44.8. The van der Waals surface area contributed by atoms with Gasteiger partial charge in [-0.05, 0) is 175 Å². The summed E-state index contributed by atoms with van der Waals surface area (Å²) in [5.74, 6) is 0.941. The lowest BCUT2D eigenvalue weighted by molar-refractivity contribution is 0.325. The zero-order valence-corrected chi connectivity index (χ0v) is 44.8. The molecule has 0 amide bonds. The van der Waals surface area contributed by atoms with E-state index in [-0.39, 0.29) is 39.2 Å². The third-order valence-corrected chi connectivity index (χ3v) is 17.8. The molecule has 0 fully saturated rings. The van der Waals surface area contributed by atoms with Crippen LogP contribution in [0.1, 0.15) is 167 Å². The molecule has 0 N–H and O–H groups in total. The number of nitrogens with zero attached hydrogens (tertiary/aromatic N) is 2. The van der Waals surface area contributed by atoms with Crippen molar-refractivity contribution < 1.29 is 9.15 Å². The second-order valence-electron chi connectivity index (χ2n) is 26.6. The summed E-state index contributed by atoms with van der Waals surface area (Å²) < 4.78 is 14.3. The SMILES string of the molecule is Cc1cc2c3c(c1)N(c1ccc(C(C)(C)C)c4c1-c1ccccc1OCC4)c1c(oc4ccc(C(C)(C)C)cc14)B3c1cc3c(cc1N2c1ccc2c(c1)C(C)(C)CCC2(C)C)C(C)(C)CCC3(C)C. The number of hydrogen-bond acceptors (Lipinski definition) is 4. The van der Waals surface area contributed by atoms with Gasteiger partial charge in [-0.2, -0.15) is 0 Å². The molecule has 4 heterocycles. The van der Waals surface area contributed by atoms with Gasteiger partial charge in [-0.25, -0.2) is 0 Å². The topological polar surface area (TPSA) is 28.9 Å². The molecule has 6 aromatic carbocycles. The van der Waals surface area contributed by atoms with Crippen molar-refractivity contribution in [3.63, 3.8) is 0 Å². The van der Waals surface area contributed by atoms with E-state index in [9.17, 15) is 0 Å². The highest BCUT2D eigenvalue weighted by molar-refractivity contribution is 7.00. The van der Waals surface area contributed by atoms with E-state index in [1.54, 1.807) is 0 Å². The highest BCUT2D eigenvalue weighted by atomic mass is 16.5. The van der Waals surface area contributed by atoms with Gasteiger partial charge >= 0.3 is 0 Å². The molecule has 4 nitrogen and oxygen atoms in total. The summed E-state index contributed by atoms with van der Waals surface area (Å²) >= 11 is 0. The van der Waals surface area contributed by atoms with E-state index >= 15 is 0 Å². The highest BCUT2D eigenvalue weighted by Gasteiger charge is 2.50. The van der Waals surface area contributed by atoms with Crippen LogP contribution in [0, 0.1) is 6.92 Å². The van der Waals surface area contributed by atoms with Gasteiger partial charge in [0.15, 0.2) is 0 Å². The van der Waals surface area contributed by atoms with Gasteiger partial charge in [0, 0.05) is 45.7 Å². The predicted molar refractivity (Wildman–Crippen MR) is 298 cm³/mol. The average Bonchev–Trinajstić information content (AvgIpc) is 3.55. The van der Waals surface area contributed by atoms with Crippen molar-refractivity contribution in [2.45, 2.75) is 168 Å². The minimum absolute atomic E-state index is 0.0172. The van der Waals surface area contributed by atoms with Gasteiger partial charge in [-0.3, -0.25) is 0 Å². The molecule has 0 unspecified atom stereocenters. The van der Waals surface area contributed by atoms with Crippen molar-refractivity contribution >= 4 is 68.4 Å². The lowest BCUT2D eigenvalue weighted by Crippen LogP contribution is -2.61. The fourth-order valence-corrected chi connectivity index (χ4v) is 13.5. The van der Waals surface area contributed by atoms with E-state index in [1.807, 2.05) is 0 Å². The van der Waals surface area contributed by atoms with Crippen molar-refractivity contribution in [3.8, 4) is 16.9 Å². The smallest absolute Gasteiger partial charge is 0.297 e. The van der Waals surface area contributed by atoms with Crippen LogP contribution in [0.15, 0.2) is 101 Å². The lowest BCUT2D eigenvalue weighted by atomic mass is 9.35. The Kier molecular flexibility index (Phi) is 9.55. The molecular formula is C65H73BN2O2. The van der Waals surface area contributed by atoms with E-state index in [4.69, 9.17) is 9.15 Å². The van der Waals surface area contributed by atoms with Gasteiger partial charge in [-0.15, -0.1) is 0 Å². The van der Waals surface area contributed by atoms with Crippen LogP contribution < -0.4 is 31.1 Å². The summed E-state index contributed by atoms with van der Waals surface area (Å²) in [4.78, 5) is 5.31. The molecule has 3 aliphatic heterocycles. The van der Waals surface area contributed by atoms with Crippen LogP contribution in [0.5, 0.6) is 5.75 Å². The molecule has 0 radical (unpaired) electrons. The number of aryl methyl sites for hydroxylation is 1. The summed E-state index contributed by atoms with van der Waals surface area (Å²) in [6.45, 7) is 36.5. The molecule has 0 bridgehead atoms.